The van der Waals surface area contributed by atoms with Crippen LogP contribution in [0.3, 0.4) is 0 Å². The third-order valence-corrected chi connectivity index (χ3v) is 3.18. The van der Waals surface area contributed by atoms with E-state index in [0.717, 1.165) is 0 Å². The molecular weight excluding hydrogens is 260 g/mol. The molecule has 0 aromatic carbocycles. The number of aliphatic hydroxyl groups is 1. The van der Waals surface area contributed by atoms with Gasteiger partial charge in [0.05, 0.1) is 38.4 Å². The van der Waals surface area contributed by atoms with Crippen LogP contribution in [0, 0.1) is 0 Å². The van der Waals surface area contributed by atoms with Crippen LogP contribution in [0.15, 0.2) is 4.42 Å². The van der Waals surface area contributed by atoms with E-state index >= 15 is 0 Å². The van der Waals surface area contributed by atoms with E-state index in [2.05, 4.69) is 36.3 Å². The maximum Gasteiger partial charge on any atom is 0.318 e. The molecule has 1 aromatic heterocycles. The molecule has 0 bridgehead atoms. The summed E-state index contributed by atoms with van der Waals surface area (Å²) in [5.74, 6) is 0.564. The Bertz CT molecular complexity index is 429. The van der Waals surface area contributed by atoms with Crippen molar-refractivity contribution in [2.75, 3.05) is 24.7 Å². The normalized spacial score (nSPS) is 24.1. The standard InChI is InChI=1S/C13H24N4O3/c1-9-8-19-10(7-18)6-17(9)12-16-15-11(20-12)5-14-13(2,3)4/h9-10,14,18H,5-8H2,1-4H3. The van der Waals surface area contributed by atoms with E-state index in [0.29, 0.717) is 31.6 Å². The van der Waals surface area contributed by atoms with E-state index in [-0.39, 0.29) is 24.3 Å². The van der Waals surface area contributed by atoms with Crippen LogP contribution in [0.2, 0.25) is 0 Å². The molecule has 2 unspecified atom stereocenters. The van der Waals surface area contributed by atoms with Crippen LogP contribution < -0.4 is 10.2 Å². The van der Waals surface area contributed by atoms with Crippen LogP contribution >= 0.6 is 0 Å². The van der Waals surface area contributed by atoms with Gasteiger partial charge in [0.15, 0.2) is 0 Å². The van der Waals surface area contributed by atoms with Crippen molar-refractivity contribution < 1.29 is 14.3 Å². The van der Waals surface area contributed by atoms with Crippen molar-refractivity contribution in [3.8, 4) is 0 Å². The first-order valence-electron chi connectivity index (χ1n) is 6.95. The Morgan fingerprint density at radius 1 is 1.40 bits per heavy atom. The quantitative estimate of drug-likeness (QED) is 0.835. The average Bonchev–Trinajstić information content (AvgIpc) is 2.85. The molecule has 20 heavy (non-hydrogen) atoms. The Morgan fingerprint density at radius 3 is 2.80 bits per heavy atom. The monoisotopic (exact) mass is 284 g/mol. The Balaban J connectivity index is 2.00. The second kappa shape index (κ2) is 6.07. The lowest BCUT2D eigenvalue weighted by Crippen LogP contribution is -2.49. The predicted molar refractivity (Wildman–Crippen MR) is 74.5 cm³/mol. The van der Waals surface area contributed by atoms with Crippen molar-refractivity contribution in [2.45, 2.75) is 51.9 Å². The fraction of sp³-hybridized carbons (Fsp3) is 0.846. The molecule has 114 valence electrons. The summed E-state index contributed by atoms with van der Waals surface area (Å²) in [5.41, 5.74) is 0.00285. The van der Waals surface area contributed by atoms with E-state index in [4.69, 9.17) is 9.15 Å². The Morgan fingerprint density at radius 2 is 2.15 bits per heavy atom. The summed E-state index contributed by atoms with van der Waals surface area (Å²) < 4.78 is 11.2. The average molecular weight is 284 g/mol. The van der Waals surface area contributed by atoms with Gasteiger partial charge >= 0.3 is 6.01 Å². The summed E-state index contributed by atoms with van der Waals surface area (Å²) in [5, 5.41) is 20.6. The van der Waals surface area contributed by atoms with Gasteiger partial charge < -0.3 is 24.5 Å². The first-order chi connectivity index (χ1) is 9.39. The molecular formula is C13H24N4O3. The molecule has 1 fully saturated rings. The molecule has 1 aromatic rings. The summed E-state index contributed by atoms with van der Waals surface area (Å²) in [7, 11) is 0. The molecule has 2 N–H and O–H groups in total. The topological polar surface area (TPSA) is 83.7 Å². The lowest BCUT2D eigenvalue weighted by molar-refractivity contribution is -0.0118. The Labute approximate surface area is 119 Å². The van der Waals surface area contributed by atoms with Crippen LogP contribution in [-0.2, 0) is 11.3 Å². The molecule has 0 spiro atoms. The van der Waals surface area contributed by atoms with Crippen LogP contribution in [0.5, 0.6) is 0 Å². The van der Waals surface area contributed by atoms with Gasteiger partial charge in [-0.1, -0.05) is 5.10 Å². The Kier molecular flexibility index (Phi) is 4.62. The van der Waals surface area contributed by atoms with Gasteiger partial charge in [0.2, 0.25) is 5.89 Å². The lowest BCUT2D eigenvalue weighted by Gasteiger charge is -2.35. The molecule has 0 radical (unpaired) electrons. The van der Waals surface area contributed by atoms with Gasteiger partial charge in [-0.3, -0.25) is 0 Å². The van der Waals surface area contributed by atoms with Crippen molar-refractivity contribution in [3.05, 3.63) is 5.89 Å². The van der Waals surface area contributed by atoms with Crippen LogP contribution in [0.25, 0.3) is 0 Å². The fourth-order valence-corrected chi connectivity index (χ4v) is 1.97. The maximum absolute atomic E-state index is 9.19. The number of aliphatic hydroxyl groups excluding tert-OH is 1. The number of nitrogens with zero attached hydrogens (tertiary/aromatic N) is 3. The highest BCUT2D eigenvalue weighted by Gasteiger charge is 2.29. The highest BCUT2D eigenvalue weighted by Crippen LogP contribution is 2.20. The largest absolute Gasteiger partial charge is 0.407 e. The summed E-state index contributed by atoms with van der Waals surface area (Å²) in [6.45, 7) is 9.93. The van der Waals surface area contributed by atoms with Gasteiger partial charge in [-0.15, -0.1) is 5.10 Å². The summed E-state index contributed by atoms with van der Waals surface area (Å²) in [6, 6.07) is 0.645. The van der Waals surface area contributed by atoms with Crippen molar-refractivity contribution in [2.24, 2.45) is 0 Å². The van der Waals surface area contributed by atoms with Crippen molar-refractivity contribution in [1.29, 1.82) is 0 Å². The molecule has 1 aliphatic heterocycles. The number of ether oxygens (including phenoxy) is 1. The number of morpholine rings is 1. The summed E-state index contributed by atoms with van der Waals surface area (Å²) in [6.07, 6.45) is -0.200. The van der Waals surface area contributed by atoms with Gasteiger partial charge in [-0.05, 0) is 27.7 Å². The second-order valence-electron chi connectivity index (χ2n) is 6.22. The van der Waals surface area contributed by atoms with Gasteiger partial charge in [0.25, 0.3) is 0 Å². The SMILES string of the molecule is CC1COC(CO)CN1c1nnc(CNC(C)(C)C)o1. The minimum atomic E-state index is -0.200. The smallest absolute Gasteiger partial charge is 0.318 e. The zero-order chi connectivity index (χ0) is 14.8. The number of aromatic nitrogens is 2. The molecule has 7 heteroatoms. The molecule has 0 aliphatic carbocycles. The van der Waals surface area contributed by atoms with Crippen LogP contribution in [-0.4, -0.2) is 52.7 Å². The van der Waals surface area contributed by atoms with E-state index in [1.807, 2.05) is 11.8 Å². The lowest BCUT2D eigenvalue weighted by atomic mass is 10.1. The van der Waals surface area contributed by atoms with E-state index in [9.17, 15) is 5.11 Å². The van der Waals surface area contributed by atoms with Crippen molar-refractivity contribution in [1.82, 2.24) is 15.5 Å². The third-order valence-electron chi connectivity index (χ3n) is 3.18. The summed E-state index contributed by atoms with van der Waals surface area (Å²) >= 11 is 0. The molecule has 1 aliphatic rings. The maximum atomic E-state index is 9.19. The van der Waals surface area contributed by atoms with Gasteiger partial charge in [-0.25, -0.2) is 0 Å². The molecule has 0 saturated carbocycles. The van der Waals surface area contributed by atoms with Crippen molar-refractivity contribution in [3.63, 3.8) is 0 Å². The first-order valence-corrected chi connectivity index (χ1v) is 6.95. The number of nitrogens with one attached hydrogen (secondary N) is 1. The molecule has 2 heterocycles. The summed E-state index contributed by atoms with van der Waals surface area (Å²) in [4.78, 5) is 1.98. The number of rotatable bonds is 4. The number of hydrogen-bond acceptors (Lipinski definition) is 7. The third kappa shape index (κ3) is 3.91. The molecule has 7 nitrogen and oxygen atoms in total. The highest BCUT2D eigenvalue weighted by molar-refractivity contribution is 5.27. The zero-order valence-corrected chi connectivity index (χ0v) is 12.6. The van der Waals surface area contributed by atoms with E-state index in [1.165, 1.54) is 0 Å². The van der Waals surface area contributed by atoms with E-state index < -0.39 is 0 Å². The van der Waals surface area contributed by atoms with Gasteiger partial charge in [0.1, 0.15) is 0 Å². The molecule has 0 amide bonds. The van der Waals surface area contributed by atoms with Crippen molar-refractivity contribution >= 4 is 6.01 Å². The zero-order valence-electron chi connectivity index (χ0n) is 12.6. The van der Waals surface area contributed by atoms with Gasteiger partial charge in [0, 0.05) is 5.54 Å². The Hall–Kier alpha value is -1.18. The second-order valence-corrected chi connectivity index (χ2v) is 6.22. The van der Waals surface area contributed by atoms with E-state index in [1.54, 1.807) is 0 Å². The fourth-order valence-electron chi connectivity index (χ4n) is 1.97. The van der Waals surface area contributed by atoms with Crippen LogP contribution in [0.4, 0.5) is 6.01 Å². The number of anilines is 1. The minimum Gasteiger partial charge on any atom is -0.407 e. The van der Waals surface area contributed by atoms with Crippen LogP contribution in [0.1, 0.15) is 33.6 Å². The minimum absolute atomic E-state index is 0.00285. The first kappa shape index (κ1) is 15.2. The molecule has 1 saturated heterocycles. The number of hydrogen-bond donors (Lipinski definition) is 2. The highest BCUT2D eigenvalue weighted by atomic mass is 16.5. The molecule has 2 atom stereocenters. The molecule has 2 rings (SSSR count). The predicted octanol–water partition coefficient (Wildman–Crippen LogP) is 0.544. The van der Waals surface area contributed by atoms with Gasteiger partial charge in [-0.2, -0.15) is 0 Å².